The van der Waals surface area contributed by atoms with Gasteiger partial charge in [-0.25, -0.2) is 9.78 Å². The topological polar surface area (TPSA) is 83.6 Å². The van der Waals surface area contributed by atoms with Crippen molar-refractivity contribution in [2.24, 2.45) is 0 Å². The minimum absolute atomic E-state index is 0.0674. The number of ether oxygens (including phenoxy) is 1. The lowest BCUT2D eigenvalue weighted by atomic mass is 10.0. The number of pyridine rings is 1. The highest BCUT2D eigenvalue weighted by atomic mass is 16.5. The summed E-state index contributed by atoms with van der Waals surface area (Å²) < 4.78 is 5.19. The van der Waals surface area contributed by atoms with Gasteiger partial charge in [0.2, 0.25) is 5.88 Å². The van der Waals surface area contributed by atoms with Crippen LogP contribution in [0.1, 0.15) is 28.8 Å². The number of hydrogen-bond donors (Lipinski definition) is 2. The predicted molar refractivity (Wildman–Crippen MR) is 102 cm³/mol. The molecule has 1 aliphatic rings. The fourth-order valence-corrected chi connectivity index (χ4v) is 3.11. The largest absolute Gasteiger partial charge is 0.481 e. The van der Waals surface area contributed by atoms with Crippen LogP contribution < -0.4 is 15.4 Å². The molecule has 7 heteroatoms. The third kappa shape index (κ3) is 4.97. The summed E-state index contributed by atoms with van der Waals surface area (Å²) >= 11 is 0. The van der Waals surface area contributed by atoms with E-state index in [2.05, 4.69) is 15.6 Å². The van der Waals surface area contributed by atoms with Crippen molar-refractivity contribution in [3.05, 3.63) is 59.8 Å². The number of likely N-dealkylation sites (tertiary alicyclic amines) is 1. The average Bonchev–Trinajstić information content (AvgIpc) is 2.73. The summed E-state index contributed by atoms with van der Waals surface area (Å²) in [4.78, 5) is 30.5. The monoisotopic (exact) mass is 368 g/mol. The lowest BCUT2D eigenvalue weighted by Gasteiger charge is -2.32. The Hall–Kier alpha value is -3.09. The third-order valence-corrected chi connectivity index (χ3v) is 4.63. The summed E-state index contributed by atoms with van der Waals surface area (Å²) in [7, 11) is 1.56. The van der Waals surface area contributed by atoms with E-state index in [4.69, 9.17) is 4.74 Å². The molecule has 1 aliphatic heterocycles. The van der Waals surface area contributed by atoms with Crippen molar-refractivity contribution in [1.29, 1.82) is 0 Å². The normalized spacial score (nSPS) is 14.5. The number of carbonyl (C=O) groups excluding carboxylic acids is 2. The van der Waals surface area contributed by atoms with Crippen LogP contribution in [0.25, 0.3) is 0 Å². The van der Waals surface area contributed by atoms with Crippen molar-refractivity contribution in [2.45, 2.75) is 25.4 Å². The van der Waals surface area contributed by atoms with E-state index in [9.17, 15) is 9.59 Å². The summed E-state index contributed by atoms with van der Waals surface area (Å²) in [6, 6.07) is 12.8. The van der Waals surface area contributed by atoms with E-state index in [1.807, 2.05) is 30.3 Å². The van der Waals surface area contributed by atoms with Gasteiger partial charge in [-0.2, -0.15) is 0 Å². The van der Waals surface area contributed by atoms with E-state index in [0.29, 0.717) is 31.1 Å². The van der Waals surface area contributed by atoms with E-state index < -0.39 is 0 Å². The Morgan fingerprint density at radius 2 is 1.89 bits per heavy atom. The lowest BCUT2D eigenvalue weighted by molar-refractivity contribution is 0.0918. The number of piperidine rings is 1. The second-order valence-electron chi connectivity index (χ2n) is 6.43. The van der Waals surface area contributed by atoms with Crippen LogP contribution in [0.15, 0.2) is 48.7 Å². The molecular formula is C20H24N4O3. The first-order chi connectivity index (χ1) is 13.2. The first-order valence-corrected chi connectivity index (χ1v) is 9.04. The number of nitrogens with zero attached hydrogens (tertiary/aromatic N) is 2. The summed E-state index contributed by atoms with van der Waals surface area (Å²) in [6.07, 6.45) is 3.13. The molecule has 2 heterocycles. The molecule has 1 fully saturated rings. The molecule has 1 aromatic heterocycles. The predicted octanol–water partition coefficient (Wildman–Crippen LogP) is 2.19. The van der Waals surface area contributed by atoms with Gasteiger partial charge in [0.25, 0.3) is 5.91 Å². The van der Waals surface area contributed by atoms with Crippen molar-refractivity contribution in [1.82, 2.24) is 20.5 Å². The molecule has 1 aromatic carbocycles. The molecule has 3 amide bonds. The first kappa shape index (κ1) is 18.7. The Bertz CT molecular complexity index is 774. The van der Waals surface area contributed by atoms with Gasteiger partial charge < -0.3 is 20.3 Å². The Kier molecular flexibility index (Phi) is 6.25. The van der Waals surface area contributed by atoms with Gasteiger partial charge in [-0.1, -0.05) is 24.3 Å². The molecule has 27 heavy (non-hydrogen) atoms. The molecule has 3 rings (SSSR count). The number of rotatable bonds is 5. The number of amides is 3. The van der Waals surface area contributed by atoms with Crippen molar-refractivity contribution < 1.29 is 14.3 Å². The average molecular weight is 368 g/mol. The van der Waals surface area contributed by atoms with Gasteiger partial charge in [0.15, 0.2) is 0 Å². The van der Waals surface area contributed by atoms with Crippen LogP contribution in [0, 0.1) is 0 Å². The van der Waals surface area contributed by atoms with Crippen LogP contribution >= 0.6 is 0 Å². The van der Waals surface area contributed by atoms with Crippen molar-refractivity contribution >= 4 is 11.9 Å². The smallest absolute Gasteiger partial charge is 0.317 e. The maximum absolute atomic E-state index is 12.4. The molecule has 2 N–H and O–H groups in total. The summed E-state index contributed by atoms with van der Waals surface area (Å²) in [5.74, 6) is 0.447. The number of methoxy groups -OCH3 is 1. The first-order valence-electron chi connectivity index (χ1n) is 9.04. The van der Waals surface area contributed by atoms with Gasteiger partial charge in [-0.15, -0.1) is 0 Å². The SMILES string of the molecule is COc1ncccc1CNC(=O)N1CCC(NC(=O)c2ccccc2)CC1. The Labute approximate surface area is 158 Å². The standard InChI is InChI=1S/C20H24N4O3/c1-27-19-16(8-5-11-21-19)14-22-20(26)24-12-9-17(10-13-24)23-18(25)15-6-3-2-4-7-15/h2-8,11,17H,9-10,12-14H2,1H3,(H,22,26)(H,23,25). The molecule has 0 unspecified atom stereocenters. The van der Waals surface area contributed by atoms with E-state index in [1.165, 1.54) is 0 Å². The molecule has 0 atom stereocenters. The number of nitrogens with one attached hydrogen (secondary N) is 2. The van der Waals surface area contributed by atoms with Crippen LogP contribution in [0.5, 0.6) is 5.88 Å². The number of carbonyl (C=O) groups is 2. The zero-order chi connectivity index (χ0) is 19.1. The molecule has 0 saturated carbocycles. The second-order valence-corrected chi connectivity index (χ2v) is 6.43. The van der Waals surface area contributed by atoms with Crippen molar-refractivity contribution in [3.8, 4) is 5.88 Å². The van der Waals surface area contributed by atoms with Gasteiger partial charge in [-0.05, 0) is 31.0 Å². The highest BCUT2D eigenvalue weighted by molar-refractivity contribution is 5.94. The van der Waals surface area contributed by atoms with E-state index >= 15 is 0 Å². The van der Waals surface area contributed by atoms with E-state index in [0.717, 1.165) is 18.4 Å². The zero-order valence-corrected chi connectivity index (χ0v) is 15.4. The lowest BCUT2D eigenvalue weighted by Crippen LogP contribution is -2.49. The van der Waals surface area contributed by atoms with Gasteiger partial charge in [0.05, 0.1) is 7.11 Å². The second kappa shape index (κ2) is 9.02. The van der Waals surface area contributed by atoms with Crippen LogP contribution in [-0.2, 0) is 6.54 Å². The number of aromatic nitrogens is 1. The molecule has 0 spiro atoms. The molecule has 142 valence electrons. The highest BCUT2D eigenvalue weighted by Crippen LogP contribution is 2.14. The summed E-state index contributed by atoms with van der Waals surface area (Å²) in [5, 5.41) is 5.95. The van der Waals surface area contributed by atoms with Crippen LogP contribution in [0.4, 0.5) is 4.79 Å². The molecule has 0 radical (unpaired) electrons. The Morgan fingerprint density at radius 3 is 2.59 bits per heavy atom. The molecule has 7 nitrogen and oxygen atoms in total. The van der Waals surface area contributed by atoms with Crippen LogP contribution in [0.2, 0.25) is 0 Å². The molecule has 2 aromatic rings. The quantitative estimate of drug-likeness (QED) is 0.847. The van der Waals surface area contributed by atoms with E-state index in [-0.39, 0.29) is 18.0 Å². The fourth-order valence-electron chi connectivity index (χ4n) is 3.11. The van der Waals surface area contributed by atoms with Gasteiger partial charge in [-0.3, -0.25) is 4.79 Å². The molecule has 0 aliphatic carbocycles. The van der Waals surface area contributed by atoms with Crippen LogP contribution in [0.3, 0.4) is 0 Å². The number of urea groups is 1. The number of hydrogen-bond acceptors (Lipinski definition) is 4. The van der Waals surface area contributed by atoms with Crippen LogP contribution in [-0.4, -0.2) is 48.1 Å². The van der Waals surface area contributed by atoms with Gasteiger partial charge in [0.1, 0.15) is 0 Å². The van der Waals surface area contributed by atoms with Gasteiger partial charge in [0, 0.05) is 43.0 Å². The highest BCUT2D eigenvalue weighted by Gasteiger charge is 2.24. The Balaban J connectivity index is 1.44. The maximum atomic E-state index is 12.4. The third-order valence-electron chi connectivity index (χ3n) is 4.63. The van der Waals surface area contributed by atoms with Crippen molar-refractivity contribution in [2.75, 3.05) is 20.2 Å². The maximum Gasteiger partial charge on any atom is 0.317 e. The minimum Gasteiger partial charge on any atom is -0.481 e. The summed E-state index contributed by atoms with van der Waals surface area (Å²) in [5.41, 5.74) is 1.49. The zero-order valence-electron chi connectivity index (χ0n) is 15.4. The van der Waals surface area contributed by atoms with Crippen molar-refractivity contribution in [3.63, 3.8) is 0 Å². The molecule has 0 bridgehead atoms. The fraction of sp³-hybridized carbons (Fsp3) is 0.350. The molecule has 1 saturated heterocycles. The minimum atomic E-state index is -0.117. The summed E-state index contributed by atoms with van der Waals surface area (Å²) in [6.45, 7) is 1.58. The van der Waals surface area contributed by atoms with Gasteiger partial charge >= 0.3 is 6.03 Å². The van der Waals surface area contributed by atoms with E-state index in [1.54, 1.807) is 30.3 Å². The Morgan fingerprint density at radius 1 is 1.15 bits per heavy atom. The number of benzene rings is 1. The molecular weight excluding hydrogens is 344 g/mol.